The van der Waals surface area contributed by atoms with Gasteiger partial charge in [0.15, 0.2) is 8.32 Å². The fourth-order valence-electron chi connectivity index (χ4n) is 2.75. The molecule has 0 bridgehead atoms. The number of hydrazone groups is 1. The Hall–Kier alpha value is -2.21. The maximum Gasteiger partial charge on any atom is 0.198 e. The Bertz CT molecular complexity index is 833. The normalized spacial score (nSPS) is 12.8. The maximum absolute atomic E-state index is 6.51. The quantitative estimate of drug-likeness (QED) is 0.164. The molecule has 0 unspecified atom stereocenters. The third-order valence-corrected chi connectivity index (χ3v) is 9.80. The number of halogens is 1. The summed E-state index contributed by atoms with van der Waals surface area (Å²) in [6.07, 6.45) is 1.71. The van der Waals surface area contributed by atoms with Crippen molar-refractivity contribution in [1.29, 1.82) is 0 Å². The second-order valence-corrected chi connectivity index (χ2v) is 12.8. The highest BCUT2D eigenvalue weighted by atomic mass is 79.9. The smallest absolute Gasteiger partial charge is 0.198 e. The Morgan fingerprint density at radius 1 is 0.857 bits per heavy atom. The zero-order valence-electron chi connectivity index (χ0n) is 16.2. The molecule has 3 rings (SSSR count). The zero-order valence-corrected chi connectivity index (χ0v) is 18.8. The van der Waals surface area contributed by atoms with Gasteiger partial charge in [0.25, 0.3) is 0 Å². The molecule has 28 heavy (non-hydrogen) atoms. The lowest BCUT2D eigenvalue weighted by Gasteiger charge is -2.27. The number of rotatable bonds is 8. The van der Waals surface area contributed by atoms with Gasteiger partial charge in [-0.05, 0) is 42.9 Å². The molecule has 0 saturated heterocycles. The fourth-order valence-corrected chi connectivity index (χ4v) is 4.09. The molecule has 3 aromatic carbocycles. The summed E-state index contributed by atoms with van der Waals surface area (Å²) in [5.41, 5.74) is 3.12. The molecule has 0 fully saturated rings. The van der Waals surface area contributed by atoms with Crippen LogP contribution in [0.25, 0.3) is 0 Å². The Balaban J connectivity index is 1.96. The molecule has 144 valence electrons. The van der Waals surface area contributed by atoms with E-state index < -0.39 is 8.32 Å². The van der Waals surface area contributed by atoms with Gasteiger partial charge in [-0.1, -0.05) is 82.7 Å². The first-order chi connectivity index (χ1) is 13.6. The first-order valence-electron chi connectivity index (χ1n) is 9.32. The largest absolute Gasteiger partial charge is 0.405 e. The van der Waals surface area contributed by atoms with Gasteiger partial charge in [0, 0.05) is 4.95 Å². The molecule has 0 aliphatic carbocycles. The lowest BCUT2D eigenvalue weighted by Crippen LogP contribution is -2.35. The van der Waals surface area contributed by atoms with E-state index >= 15 is 0 Å². The van der Waals surface area contributed by atoms with Crippen molar-refractivity contribution in [1.82, 2.24) is 0 Å². The van der Waals surface area contributed by atoms with Gasteiger partial charge in [0.05, 0.1) is 17.6 Å². The highest BCUT2D eigenvalue weighted by molar-refractivity contribution is 9.09. The van der Waals surface area contributed by atoms with Crippen molar-refractivity contribution in [2.45, 2.75) is 19.2 Å². The zero-order chi connectivity index (χ0) is 19.8. The summed E-state index contributed by atoms with van der Waals surface area (Å²) >= 11 is 3.61. The third kappa shape index (κ3) is 5.64. The van der Waals surface area contributed by atoms with Gasteiger partial charge in [-0.2, -0.15) is 5.10 Å². The molecule has 0 saturated carbocycles. The standard InChI is InChI=1S/C23H25BrN2OSi/c1-28(2,19-24)27-23(20-12-6-3-7-13-20)18-25-26(21-14-8-4-9-15-21)22-16-10-5-11-17-22/h3-18,23H,19H2,1-2H3/b25-18+/t23-/m1/s1. The number of nitrogens with zero attached hydrogens (tertiary/aromatic N) is 2. The second kappa shape index (κ2) is 9.82. The van der Waals surface area contributed by atoms with E-state index in [1.807, 2.05) is 65.8 Å². The van der Waals surface area contributed by atoms with Crippen LogP contribution in [0, 0.1) is 0 Å². The second-order valence-electron chi connectivity index (χ2n) is 7.09. The number of para-hydroxylation sites is 2. The van der Waals surface area contributed by atoms with Crippen LogP contribution < -0.4 is 5.01 Å². The molecule has 1 atom stereocenters. The minimum atomic E-state index is -1.85. The van der Waals surface area contributed by atoms with Gasteiger partial charge in [-0.3, -0.25) is 0 Å². The maximum atomic E-state index is 6.51. The average molecular weight is 453 g/mol. The molecule has 0 radical (unpaired) electrons. The van der Waals surface area contributed by atoms with Crippen LogP contribution in [0.15, 0.2) is 96.1 Å². The van der Waals surface area contributed by atoms with Crippen molar-refractivity contribution in [3.63, 3.8) is 0 Å². The van der Waals surface area contributed by atoms with Crippen molar-refractivity contribution in [3.05, 3.63) is 96.6 Å². The Kier molecular flexibility index (Phi) is 7.20. The van der Waals surface area contributed by atoms with E-state index in [0.717, 1.165) is 21.9 Å². The topological polar surface area (TPSA) is 24.8 Å². The molecule has 0 amide bonds. The summed E-state index contributed by atoms with van der Waals surface area (Å²) in [6.45, 7) is 4.41. The van der Waals surface area contributed by atoms with E-state index in [-0.39, 0.29) is 6.10 Å². The number of alkyl halides is 1. The van der Waals surface area contributed by atoms with Crippen LogP contribution in [0.3, 0.4) is 0 Å². The van der Waals surface area contributed by atoms with Crippen LogP contribution in [0.5, 0.6) is 0 Å². The Morgan fingerprint density at radius 2 is 1.32 bits per heavy atom. The lowest BCUT2D eigenvalue weighted by atomic mass is 10.1. The summed E-state index contributed by atoms with van der Waals surface area (Å²) in [5.74, 6) is 0. The Labute approximate surface area is 176 Å². The molecular formula is C23H25BrN2OSi. The minimum absolute atomic E-state index is 0.199. The van der Waals surface area contributed by atoms with Gasteiger partial charge in [0.2, 0.25) is 0 Å². The number of anilines is 2. The predicted molar refractivity (Wildman–Crippen MR) is 125 cm³/mol. The highest BCUT2D eigenvalue weighted by Gasteiger charge is 2.26. The van der Waals surface area contributed by atoms with Crippen LogP contribution >= 0.6 is 15.9 Å². The molecule has 0 heterocycles. The van der Waals surface area contributed by atoms with Gasteiger partial charge in [-0.25, -0.2) is 5.01 Å². The molecular weight excluding hydrogens is 428 g/mol. The molecule has 3 aromatic rings. The summed E-state index contributed by atoms with van der Waals surface area (Å²) in [7, 11) is -1.85. The van der Waals surface area contributed by atoms with Gasteiger partial charge < -0.3 is 4.43 Å². The lowest BCUT2D eigenvalue weighted by molar-refractivity contribution is 0.270. The third-order valence-electron chi connectivity index (χ3n) is 4.21. The molecule has 0 spiro atoms. The number of benzene rings is 3. The first kappa shape index (κ1) is 20.5. The predicted octanol–water partition coefficient (Wildman–Crippen LogP) is 6.71. The van der Waals surface area contributed by atoms with E-state index in [1.54, 1.807) is 0 Å². The van der Waals surface area contributed by atoms with Crippen molar-refractivity contribution in [2.75, 3.05) is 9.96 Å². The van der Waals surface area contributed by atoms with Crippen LogP contribution in [0.4, 0.5) is 11.4 Å². The van der Waals surface area contributed by atoms with E-state index in [4.69, 9.17) is 9.53 Å². The van der Waals surface area contributed by atoms with Gasteiger partial charge in [-0.15, -0.1) is 0 Å². The highest BCUT2D eigenvalue weighted by Crippen LogP contribution is 2.27. The fraction of sp³-hybridized carbons (Fsp3) is 0.174. The SMILES string of the molecule is C[Si](C)(CBr)O[C@H](/C=N/N(c1ccccc1)c1ccccc1)c1ccccc1. The van der Waals surface area contributed by atoms with E-state index in [1.165, 1.54) is 0 Å². The Morgan fingerprint density at radius 3 is 1.79 bits per heavy atom. The summed E-state index contributed by atoms with van der Waals surface area (Å²) < 4.78 is 6.51. The number of hydrogen-bond acceptors (Lipinski definition) is 3. The van der Waals surface area contributed by atoms with Gasteiger partial charge in [0.1, 0.15) is 6.10 Å². The van der Waals surface area contributed by atoms with E-state index in [2.05, 4.69) is 65.4 Å². The van der Waals surface area contributed by atoms with E-state index in [0.29, 0.717) is 0 Å². The molecule has 5 heteroatoms. The molecule has 0 aliphatic rings. The van der Waals surface area contributed by atoms with Gasteiger partial charge >= 0.3 is 0 Å². The summed E-state index contributed by atoms with van der Waals surface area (Å²) in [5, 5.41) is 6.80. The van der Waals surface area contributed by atoms with Crippen molar-refractivity contribution < 1.29 is 4.43 Å². The number of hydrogen-bond donors (Lipinski definition) is 0. The average Bonchev–Trinajstić information content (AvgIpc) is 2.75. The van der Waals surface area contributed by atoms with Crippen LogP contribution in [-0.2, 0) is 4.43 Å². The van der Waals surface area contributed by atoms with Crippen LogP contribution in [0.2, 0.25) is 13.1 Å². The summed E-state index contributed by atoms with van der Waals surface area (Å²) in [6, 6.07) is 30.6. The summed E-state index contributed by atoms with van der Waals surface area (Å²) in [4.78, 5) is 0.873. The molecule has 3 nitrogen and oxygen atoms in total. The van der Waals surface area contributed by atoms with Crippen LogP contribution in [0.1, 0.15) is 11.7 Å². The molecule has 0 aromatic heterocycles. The molecule has 0 N–H and O–H groups in total. The van der Waals surface area contributed by atoms with Crippen molar-refractivity contribution >= 4 is 41.8 Å². The van der Waals surface area contributed by atoms with Crippen molar-refractivity contribution in [3.8, 4) is 0 Å². The monoisotopic (exact) mass is 452 g/mol. The first-order valence-corrected chi connectivity index (χ1v) is 13.6. The minimum Gasteiger partial charge on any atom is -0.405 e. The van der Waals surface area contributed by atoms with E-state index in [9.17, 15) is 0 Å². The van der Waals surface area contributed by atoms with Crippen molar-refractivity contribution in [2.24, 2.45) is 5.10 Å². The molecule has 0 aliphatic heterocycles. The van der Waals surface area contributed by atoms with Crippen LogP contribution in [-0.4, -0.2) is 19.5 Å².